The fourth-order valence-electron chi connectivity index (χ4n) is 2.35. The van der Waals surface area contributed by atoms with Gasteiger partial charge in [-0.15, -0.1) is 0 Å². The van der Waals surface area contributed by atoms with Crippen LogP contribution in [0.1, 0.15) is 36.5 Å². The van der Waals surface area contributed by atoms with Gasteiger partial charge in [0, 0.05) is 23.8 Å². The average Bonchev–Trinajstić information content (AvgIpc) is 2.54. The normalized spacial score (nSPS) is 23.6. The first-order chi connectivity index (χ1) is 9.30. The summed E-state index contributed by atoms with van der Waals surface area (Å²) >= 11 is 6.76. The maximum Gasteiger partial charge on any atom is 0.255 e. The number of benzene rings is 1. The third-order valence-corrected chi connectivity index (χ3v) is 7.24. The molecule has 3 nitrogen and oxygen atoms in total. The van der Waals surface area contributed by atoms with Crippen molar-refractivity contribution >= 4 is 73.7 Å². The molecule has 1 unspecified atom stereocenters. The molecule has 0 spiro atoms. The average molecular weight is 611 g/mol. The van der Waals surface area contributed by atoms with Crippen LogP contribution in [-0.4, -0.2) is 34.6 Å². The van der Waals surface area contributed by atoms with Crippen LogP contribution in [0.3, 0.4) is 0 Å². The molecule has 0 radical (unpaired) electrons. The largest absolute Gasteiger partial charge is 0.390 e. The van der Waals surface area contributed by atoms with Gasteiger partial charge in [-0.1, -0.05) is 0 Å². The van der Waals surface area contributed by atoms with Gasteiger partial charge in [0.05, 0.1) is 11.2 Å². The second kappa shape index (κ2) is 6.95. The molecule has 2 rings (SSSR count). The van der Waals surface area contributed by atoms with Crippen molar-refractivity contribution in [3.8, 4) is 0 Å². The van der Waals surface area contributed by atoms with Gasteiger partial charge in [0.15, 0.2) is 0 Å². The first kappa shape index (κ1) is 17.2. The summed E-state index contributed by atoms with van der Waals surface area (Å²) in [6.07, 6.45) is 2.27. The van der Waals surface area contributed by atoms with Crippen molar-refractivity contribution in [2.45, 2.75) is 31.8 Å². The molecule has 6 heteroatoms. The number of aliphatic hydroxyl groups is 1. The van der Waals surface area contributed by atoms with E-state index in [0.717, 1.165) is 35.7 Å². The van der Waals surface area contributed by atoms with E-state index in [4.69, 9.17) is 0 Å². The van der Waals surface area contributed by atoms with Crippen molar-refractivity contribution in [1.82, 2.24) is 4.90 Å². The predicted octanol–water partition coefficient (Wildman–Crippen LogP) is 3.88. The van der Waals surface area contributed by atoms with E-state index in [1.165, 1.54) is 0 Å². The third-order valence-electron chi connectivity index (χ3n) is 3.57. The van der Waals surface area contributed by atoms with Crippen molar-refractivity contribution in [3.63, 3.8) is 0 Å². The van der Waals surface area contributed by atoms with Crippen molar-refractivity contribution in [3.05, 3.63) is 28.4 Å². The van der Waals surface area contributed by atoms with Crippen LogP contribution in [0.15, 0.2) is 12.1 Å². The zero-order valence-corrected chi connectivity index (χ0v) is 17.6. The third kappa shape index (κ3) is 4.19. The molecule has 1 amide bonds. The number of hydrogen-bond donors (Lipinski definition) is 1. The van der Waals surface area contributed by atoms with Crippen LogP contribution in [-0.2, 0) is 0 Å². The summed E-state index contributed by atoms with van der Waals surface area (Å²) in [7, 11) is 0. The molecule has 1 aromatic carbocycles. The number of halogens is 3. The van der Waals surface area contributed by atoms with Crippen LogP contribution >= 0.6 is 67.8 Å². The first-order valence-corrected chi connectivity index (χ1v) is 9.70. The summed E-state index contributed by atoms with van der Waals surface area (Å²) in [4.78, 5) is 14.6. The molecule has 1 aromatic rings. The first-order valence-electron chi connectivity index (χ1n) is 6.46. The summed E-state index contributed by atoms with van der Waals surface area (Å²) in [5.74, 6) is 0.0866. The van der Waals surface area contributed by atoms with Gasteiger partial charge >= 0.3 is 0 Å². The van der Waals surface area contributed by atoms with E-state index in [-0.39, 0.29) is 5.91 Å². The van der Waals surface area contributed by atoms with E-state index >= 15 is 0 Å². The van der Waals surface area contributed by atoms with E-state index in [1.54, 1.807) is 0 Å². The molecule has 1 heterocycles. The predicted molar refractivity (Wildman–Crippen MR) is 105 cm³/mol. The highest BCUT2D eigenvalue weighted by Gasteiger charge is 2.28. The zero-order valence-electron chi connectivity index (χ0n) is 11.1. The minimum atomic E-state index is -0.637. The molecule has 1 aliphatic heterocycles. The van der Waals surface area contributed by atoms with Crippen LogP contribution in [0.25, 0.3) is 0 Å². The van der Waals surface area contributed by atoms with Gasteiger partial charge in [0.1, 0.15) is 0 Å². The fourth-order valence-corrected chi connectivity index (χ4v) is 4.74. The number of likely N-dealkylation sites (tertiary alicyclic amines) is 1. The Hall–Kier alpha value is 0.840. The standard InChI is InChI=1S/C14H16I3NO2/c1-14(20)3-2-5-18(6-4-14)13(19)10-7-9(15)8-11(16)12(10)17/h7-8,20H,2-6H2,1H3. The smallest absolute Gasteiger partial charge is 0.255 e. The molecule has 1 atom stereocenters. The molecular formula is C14H16I3NO2. The molecule has 1 aliphatic rings. The van der Waals surface area contributed by atoms with Crippen molar-refractivity contribution in [2.24, 2.45) is 0 Å². The monoisotopic (exact) mass is 611 g/mol. The maximum atomic E-state index is 12.7. The highest BCUT2D eigenvalue weighted by molar-refractivity contribution is 14.1. The lowest BCUT2D eigenvalue weighted by Gasteiger charge is -2.23. The number of hydrogen-bond acceptors (Lipinski definition) is 2. The topological polar surface area (TPSA) is 40.5 Å². The molecule has 0 bridgehead atoms. The molecule has 110 valence electrons. The molecule has 0 aromatic heterocycles. The van der Waals surface area contributed by atoms with Crippen molar-refractivity contribution in [2.75, 3.05) is 13.1 Å². The summed E-state index contributed by atoms with van der Waals surface area (Å²) in [6, 6.07) is 4.03. The molecule has 20 heavy (non-hydrogen) atoms. The van der Waals surface area contributed by atoms with Crippen molar-refractivity contribution in [1.29, 1.82) is 0 Å². The maximum absolute atomic E-state index is 12.7. The van der Waals surface area contributed by atoms with Gasteiger partial charge in [-0.3, -0.25) is 4.79 Å². The quantitative estimate of drug-likeness (QED) is 0.388. The Bertz CT molecular complexity index is 531. The second-order valence-corrected chi connectivity index (χ2v) is 8.88. The van der Waals surface area contributed by atoms with Gasteiger partial charge in [-0.2, -0.15) is 0 Å². The lowest BCUT2D eigenvalue weighted by molar-refractivity contribution is 0.0438. The zero-order chi connectivity index (χ0) is 14.9. The SMILES string of the molecule is CC1(O)CCCN(C(=O)c2cc(I)cc(I)c2I)CC1. The van der Waals surface area contributed by atoms with Crippen molar-refractivity contribution < 1.29 is 9.90 Å². The molecule has 0 saturated carbocycles. The fraction of sp³-hybridized carbons (Fsp3) is 0.500. The number of carbonyl (C=O) groups excluding carboxylic acids is 1. The van der Waals surface area contributed by atoms with E-state index in [0.29, 0.717) is 13.0 Å². The summed E-state index contributed by atoms with van der Waals surface area (Å²) in [6.45, 7) is 3.22. The molecular weight excluding hydrogens is 595 g/mol. The van der Waals surface area contributed by atoms with E-state index in [2.05, 4.69) is 73.8 Å². The second-order valence-electron chi connectivity index (χ2n) is 5.39. The lowest BCUT2D eigenvalue weighted by Crippen LogP contribution is -2.34. The minimum Gasteiger partial charge on any atom is -0.390 e. The Morgan fingerprint density at radius 1 is 1.25 bits per heavy atom. The van der Waals surface area contributed by atoms with Crippen LogP contribution < -0.4 is 0 Å². The molecule has 0 aliphatic carbocycles. The van der Waals surface area contributed by atoms with E-state index in [9.17, 15) is 9.90 Å². The highest BCUT2D eigenvalue weighted by atomic mass is 127. The Labute approximate surface area is 160 Å². The molecule has 1 fully saturated rings. The van der Waals surface area contributed by atoms with Crippen LogP contribution in [0, 0.1) is 10.7 Å². The van der Waals surface area contributed by atoms with Gasteiger partial charge in [0.2, 0.25) is 0 Å². The Kier molecular flexibility index (Phi) is 5.97. The molecule has 1 saturated heterocycles. The summed E-state index contributed by atoms with van der Waals surface area (Å²) in [5, 5.41) is 10.1. The number of amides is 1. The van der Waals surface area contributed by atoms with Gasteiger partial charge < -0.3 is 10.0 Å². The minimum absolute atomic E-state index is 0.0866. The number of carbonyl (C=O) groups is 1. The van der Waals surface area contributed by atoms with Gasteiger partial charge in [0.25, 0.3) is 5.91 Å². The van der Waals surface area contributed by atoms with Crippen LogP contribution in [0.5, 0.6) is 0 Å². The Morgan fingerprint density at radius 3 is 2.65 bits per heavy atom. The van der Waals surface area contributed by atoms with E-state index in [1.807, 2.05) is 17.9 Å². The van der Waals surface area contributed by atoms with Gasteiger partial charge in [-0.25, -0.2) is 0 Å². The van der Waals surface area contributed by atoms with Crippen LogP contribution in [0.4, 0.5) is 0 Å². The number of nitrogens with zero attached hydrogens (tertiary/aromatic N) is 1. The lowest BCUT2D eigenvalue weighted by atomic mass is 9.98. The summed E-state index contributed by atoms with van der Waals surface area (Å²) < 4.78 is 3.21. The highest BCUT2D eigenvalue weighted by Crippen LogP contribution is 2.26. The summed E-state index contributed by atoms with van der Waals surface area (Å²) in [5.41, 5.74) is 0.144. The Balaban J connectivity index is 2.23. The van der Waals surface area contributed by atoms with E-state index < -0.39 is 5.60 Å². The van der Waals surface area contributed by atoms with Crippen LogP contribution in [0.2, 0.25) is 0 Å². The Morgan fingerprint density at radius 2 is 1.95 bits per heavy atom. The van der Waals surface area contributed by atoms with Gasteiger partial charge in [-0.05, 0) is 106 Å². The number of rotatable bonds is 1. The molecule has 1 N–H and O–H groups in total.